The number of fused-ring (bicyclic) bond motifs is 4. The third kappa shape index (κ3) is 3.19. The van der Waals surface area contributed by atoms with E-state index in [1.165, 1.54) is 33.0 Å². The van der Waals surface area contributed by atoms with Crippen molar-refractivity contribution in [2.24, 2.45) is 4.99 Å². The minimum Gasteiger partial charge on any atom is -0.473 e. The second kappa shape index (κ2) is 8.11. The molecule has 4 heteroatoms. The third-order valence-electron chi connectivity index (χ3n) is 7.13. The van der Waals surface area contributed by atoms with E-state index in [0.29, 0.717) is 0 Å². The lowest BCUT2D eigenvalue weighted by atomic mass is 10.1. The van der Waals surface area contributed by atoms with Crippen LogP contribution in [-0.2, 0) is 17.6 Å². The molecule has 0 N–H and O–H groups in total. The highest BCUT2D eigenvalue weighted by Gasteiger charge is 2.46. The van der Waals surface area contributed by atoms with Crippen molar-refractivity contribution < 1.29 is 4.74 Å². The van der Waals surface area contributed by atoms with E-state index in [4.69, 9.17) is 9.73 Å². The van der Waals surface area contributed by atoms with Crippen LogP contribution in [0.4, 0.5) is 5.69 Å². The Bertz CT molecular complexity index is 1330. The van der Waals surface area contributed by atoms with Gasteiger partial charge >= 0.3 is 0 Å². The molecule has 3 atom stereocenters. The van der Waals surface area contributed by atoms with Crippen LogP contribution in [0, 0.1) is 0 Å². The average Bonchev–Trinajstić information content (AvgIpc) is 3.57. The van der Waals surface area contributed by atoms with Gasteiger partial charge in [-0.15, -0.1) is 0 Å². The number of benzene rings is 4. The summed E-state index contributed by atoms with van der Waals surface area (Å²) in [6, 6.07) is 39.6. The van der Waals surface area contributed by atoms with Gasteiger partial charge < -0.3 is 9.41 Å². The van der Waals surface area contributed by atoms with E-state index in [0.717, 1.165) is 18.7 Å². The van der Waals surface area contributed by atoms with Crippen molar-refractivity contribution in [2.45, 2.75) is 31.0 Å². The van der Waals surface area contributed by atoms with E-state index in [1.54, 1.807) is 0 Å². The standard InChI is InChI=1S/C30H25N2OP/c1-3-13-23(14-4-1)34(24-15-5-2-6-16-24)32-26-18-10-8-12-22(26)19-27(32)30-31-29-25-17-9-7-11-21(25)20-28(29)33-30/h1-18,27-29H,19-20H2/t27-,28-,29+/m0/s1. The summed E-state index contributed by atoms with van der Waals surface area (Å²) in [5, 5.41) is 2.68. The molecule has 3 nitrogen and oxygen atoms in total. The fourth-order valence-electron chi connectivity index (χ4n) is 5.63. The fraction of sp³-hybridized carbons (Fsp3) is 0.167. The van der Waals surface area contributed by atoms with Gasteiger partial charge in [0.2, 0.25) is 5.90 Å². The number of anilines is 1. The van der Waals surface area contributed by atoms with Gasteiger partial charge in [0.05, 0.1) is 8.07 Å². The Labute approximate surface area is 201 Å². The van der Waals surface area contributed by atoms with Crippen LogP contribution in [0.5, 0.6) is 0 Å². The third-order valence-corrected chi connectivity index (χ3v) is 9.63. The maximum absolute atomic E-state index is 6.65. The Kier molecular flexibility index (Phi) is 4.77. The summed E-state index contributed by atoms with van der Waals surface area (Å²) < 4.78 is 9.27. The molecular weight excluding hydrogens is 435 g/mol. The molecule has 1 aliphatic carbocycles. The minimum absolute atomic E-state index is 0.0988. The molecule has 0 saturated heterocycles. The largest absolute Gasteiger partial charge is 0.473 e. The molecule has 34 heavy (non-hydrogen) atoms. The van der Waals surface area contributed by atoms with Crippen LogP contribution in [-0.4, -0.2) is 18.0 Å². The highest BCUT2D eigenvalue weighted by atomic mass is 31.1. The number of para-hydroxylation sites is 1. The zero-order valence-corrected chi connectivity index (χ0v) is 19.7. The number of hydrogen-bond acceptors (Lipinski definition) is 3. The maximum atomic E-state index is 6.65. The van der Waals surface area contributed by atoms with E-state index in [1.807, 2.05) is 0 Å². The fourth-order valence-corrected chi connectivity index (χ4v) is 8.20. The summed E-state index contributed by atoms with van der Waals surface area (Å²) in [4.78, 5) is 5.24. The van der Waals surface area contributed by atoms with Crippen LogP contribution in [0.1, 0.15) is 22.7 Å². The molecule has 0 spiro atoms. The first-order chi connectivity index (χ1) is 16.9. The van der Waals surface area contributed by atoms with Gasteiger partial charge in [-0.1, -0.05) is 103 Å². The molecule has 166 valence electrons. The number of hydrogen-bond donors (Lipinski definition) is 0. The van der Waals surface area contributed by atoms with E-state index in [-0.39, 0.29) is 18.2 Å². The van der Waals surface area contributed by atoms with Crippen molar-refractivity contribution in [3.63, 3.8) is 0 Å². The van der Waals surface area contributed by atoms with Gasteiger partial charge in [-0.05, 0) is 22.8 Å². The monoisotopic (exact) mass is 460 g/mol. The van der Waals surface area contributed by atoms with Crippen molar-refractivity contribution in [2.75, 3.05) is 4.67 Å². The van der Waals surface area contributed by atoms with Crippen LogP contribution in [0.15, 0.2) is 114 Å². The summed E-state index contributed by atoms with van der Waals surface area (Å²) >= 11 is 0. The summed E-state index contributed by atoms with van der Waals surface area (Å²) in [6.07, 6.45) is 1.99. The zero-order valence-electron chi connectivity index (χ0n) is 18.8. The molecule has 7 rings (SSSR count). The quantitative estimate of drug-likeness (QED) is 0.373. The summed E-state index contributed by atoms with van der Waals surface area (Å²) in [7, 11) is -0.789. The molecule has 0 amide bonds. The highest BCUT2D eigenvalue weighted by Crippen LogP contribution is 2.51. The summed E-state index contributed by atoms with van der Waals surface area (Å²) in [5.41, 5.74) is 5.38. The average molecular weight is 461 g/mol. The van der Waals surface area contributed by atoms with E-state index < -0.39 is 8.07 Å². The Hall–Kier alpha value is -3.42. The molecular formula is C30H25N2OP. The molecule has 0 bridgehead atoms. The van der Waals surface area contributed by atoms with Crippen molar-refractivity contribution in [3.05, 3.63) is 126 Å². The highest BCUT2D eigenvalue weighted by molar-refractivity contribution is 7.74. The Balaban J connectivity index is 1.35. The van der Waals surface area contributed by atoms with Gasteiger partial charge in [-0.3, -0.25) is 0 Å². The van der Waals surface area contributed by atoms with Crippen LogP contribution < -0.4 is 15.3 Å². The van der Waals surface area contributed by atoms with Crippen LogP contribution in [0.25, 0.3) is 0 Å². The Morgan fingerprint density at radius 3 is 2.03 bits per heavy atom. The van der Waals surface area contributed by atoms with Gasteiger partial charge in [0, 0.05) is 29.1 Å². The van der Waals surface area contributed by atoms with E-state index in [9.17, 15) is 0 Å². The Morgan fingerprint density at radius 2 is 1.29 bits per heavy atom. The lowest BCUT2D eigenvalue weighted by Crippen LogP contribution is -2.40. The number of ether oxygens (including phenoxy) is 1. The predicted octanol–water partition coefficient (Wildman–Crippen LogP) is 5.56. The molecule has 2 heterocycles. The number of rotatable bonds is 4. The SMILES string of the molecule is c1ccc(P(c2ccccc2)N2c3ccccc3C[C@H]2C2=N[C@@H]3c4ccccc4C[C@@H]3O2)cc1. The molecule has 2 aliphatic heterocycles. The molecule has 0 fully saturated rings. The lowest BCUT2D eigenvalue weighted by molar-refractivity contribution is 0.199. The first-order valence-electron chi connectivity index (χ1n) is 12.0. The van der Waals surface area contributed by atoms with E-state index in [2.05, 4.69) is 114 Å². The zero-order chi connectivity index (χ0) is 22.5. The van der Waals surface area contributed by atoms with Crippen LogP contribution in [0.3, 0.4) is 0 Å². The normalized spacial score (nSPS) is 22.2. The molecule has 0 radical (unpaired) electrons. The maximum Gasteiger partial charge on any atom is 0.208 e. The van der Waals surface area contributed by atoms with E-state index >= 15 is 0 Å². The second-order valence-electron chi connectivity index (χ2n) is 9.15. The molecule has 3 aliphatic rings. The van der Waals surface area contributed by atoms with Crippen molar-refractivity contribution in [1.82, 2.24) is 0 Å². The topological polar surface area (TPSA) is 24.8 Å². The van der Waals surface area contributed by atoms with Crippen molar-refractivity contribution in [3.8, 4) is 0 Å². The minimum atomic E-state index is -0.789. The molecule has 4 aromatic carbocycles. The number of nitrogens with zero attached hydrogens (tertiary/aromatic N) is 2. The molecule has 0 aromatic heterocycles. The van der Waals surface area contributed by atoms with Gasteiger partial charge in [-0.2, -0.15) is 0 Å². The first kappa shape index (κ1) is 20.0. The predicted molar refractivity (Wildman–Crippen MR) is 141 cm³/mol. The summed E-state index contributed by atoms with van der Waals surface area (Å²) in [5.74, 6) is 0.903. The Morgan fingerprint density at radius 1 is 0.676 bits per heavy atom. The van der Waals surface area contributed by atoms with Crippen molar-refractivity contribution in [1.29, 1.82) is 0 Å². The van der Waals surface area contributed by atoms with Gasteiger partial charge in [0.15, 0.2) is 0 Å². The lowest BCUT2D eigenvalue weighted by Gasteiger charge is -2.36. The second-order valence-corrected chi connectivity index (χ2v) is 11.2. The first-order valence-corrected chi connectivity index (χ1v) is 13.3. The molecule has 4 aromatic rings. The van der Waals surface area contributed by atoms with Crippen LogP contribution >= 0.6 is 8.07 Å². The summed E-state index contributed by atoms with van der Waals surface area (Å²) in [6.45, 7) is 0. The number of aliphatic imine (C=N–C) groups is 1. The molecule has 0 saturated carbocycles. The smallest absolute Gasteiger partial charge is 0.208 e. The van der Waals surface area contributed by atoms with Gasteiger partial charge in [0.1, 0.15) is 18.2 Å². The van der Waals surface area contributed by atoms with Crippen LogP contribution in [0.2, 0.25) is 0 Å². The van der Waals surface area contributed by atoms with Gasteiger partial charge in [0.25, 0.3) is 0 Å². The molecule has 0 unspecified atom stereocenters. The van der Waals surface area contributed by atoms with Gasteiger partial charge in [-0.25, -0.2) is 4.99 Å². The van der Waals surface area contributed by atoms with Crippen molar-refractivity contribution >= 4 is 30.3 Å².